The lowest BCUT2D eigenvalue weighted by Gasteiger charge is -2.20. The molecule has 2 amide bonds. The number of amides is 2. The average Bonchev–Trinajstić information content (AvgIpc) is 2.80. The number of hydrogen-bond acceptors (Lipinski definition) is 4. The van der Waals surface area contributed by atoms with E-state index >= 15 is 0 Å². The lowest BCUT2D eigenvalue weighted by molar-refractivity contribution is -0.123. The number of benzene rings is 1. The van der Waals surface area contributed by atoms with Crippen molar-refractivity contribution in [2.24, 2.45) is 11.7 Å². The van der Waals surface area contributed by atoms with E-state index in [4.69, 9.17) is 10.8 Å². The molecule has 1 aromatic rings. The molecular formula is C13H15N3O4. The molecule has 1 aliphatic heterocycles. The molecule has 1 atom stereocenters. The minimum Gasteiger partial charge on any atom is -0.478 e. The second-order valence-corrected chi connectivity index (χ2v) is 4.59. The number of rotatable bonds is 4. The third kappa shape index (κ3) is 2.42. The molecule has 0 radical (unpaired) electrons. The standard InChI is InChI=1S/C13H15N3O4/c1-15-9-3-2-7(13(19)20)4-10(9)16-6-8(12(14)18)5-11(16)17/h2-4,8,15H,5-6H2,1H3,(H2,14,18)(H,19,20). The molecule has 0 bridgehead atoms. The fourth-order valence-corrected chi connectivity index (χ4v) is 2.23. The second-order valence-electron chi connectivity index (χ2n) is 4.59. The fourth-order valence-electron chi connectivity index (χ4n) is 2.23. The number of carboxylic acid groups (broad SMARTS) is 1. The molecule has 0 saturated carbocycles. The zero-order valence-electron chi connectivity index (χ0n) is 10.9. The van der Waals surface area contributed by atoms with E-state index in [1.165, 1.54) is 17.0 Å². The van der Waals surface area contributed by atoms with Gasteiger partial charge in [0.05, 0.1) is 22.9 Å². The summed E-state index contributed by atoms with van der Waals surface area (Å²) in [6.07, 6.45) is 0.0514. The topological polar surface area (TPSA) is 113 Å². The van der Waals surface area contributed by atoms with Gasteiger partial charge in [-0.1, -0.05) is 0 Å². The monoisotopic (exact) mass is 277 g/mol. The minimum atomic E-state index is -1.08. The molecule has 4 N–H and O–H groups in total. The van der Waals surface area contributed by atoms with Crippen LogP contribution in [-0.4, -0.2) is 36.5 Å². The highest BCUT2D eigenvalue weighted by Crippen LogP contribution is 2.32. The molecule has 1 fully saturated rings. The first-order valence-electron chi connectivity index (χ1n) is 6.08. The maximum absolute atomic E-state index is 12.0. The maximum Gasteiger partial charge on any atom is 0.335 e. The van der Waals surface area contributed by atoms with Crippen LogP contribution in [0.5, 0.6) is 0 Å². The highest BCUT2D eigenvalue weighted by Gasteiger charge is 2.35. The minimum absolute atomic E-state index is 0.0514. The average molecular weight is 277 g/mol. The van der Waals surface area contributed by atoms with E-state index in [0.717, 1.165) is 0 Å². The summed E-state index contributed by atoms with van der Waals surface area (Å²) in [5.41, 5.74) is 6.36. The summed E-state index contributed by atoms with van der Waals surface area (Å²) in [6, 6.07) is 4.45. The summed E-state index contributed by atoms with van der Waals surface area (Å²) in [6.45, 7) is 0.173. The second kappa shape index (κ2) is 5.20. The first kappa shape index (κ1) is 13.9. The Morgan fingerprint density at radius 2 is 2.15 bits per heavy atom. The highest BCUT2D eigenvalue weighted by molar-refractivity contribution is 6.03. The molecule has 1 aliphatic rings. The predicted octanol–water partition coefficient (Wildman–Crippen LogP) is 0.265. The van der Waals surface area contributed by atoms with Crippen molar-refractivity contribution < 1.29 is 19.5 Å². The van der Waals surface area contributed by atoms with Crippen molar-refractivity contribution in [3.8, 4) is 0 Å². The van der Waals surface area contributed by atoms with E-state index in [1.54, 1.807) is 13.1 Å². The molecule has 7 heteroatoms. The van der Waals surface area contributed by atoms with Gasteiger partial charge in [0.25, 0.3) is 0 Å². The summed E-state index contributed by atoms with van der Waals surface area (Å²) in [5.74, 6) is -2.39. The van der Waals surface area contributed by atoms with E-state index in [9.17, 15) is 14.4 Å². The number of nitrogens with one attached hydrogen (secondary N) is 1. The third-order valence-corrected chi connectivity index (χ3v) is 3.33. The maximum atomic E-state index is 12.0. The summed E-state index contributed by atoms with van der Waals surface area (Å²) >= 11 is 0. The van der Waals surface area contributed by atoms with E-state index in [-0.39, 0.29) is 24.4 Å². The number of carbonyl (C=O) groups is 3. The van der Waals surface area contributed by atoms with E-state index < -0.39 is 17.8 Å². The van der Waals surface area contributed by atoms with Gasteiger partial charge in [-0.2, -0.15) is 0 Å². The number of nitrogens with two attached hydrogens (primary N) is 1. The van der Waals surface area contributed by atoms with Gasteiger partial charge in [0.2, 0.25) is 11.8 Å². The Balaban J connectivity index is 2.40. The SMILES string of the molecule is CNc1ccc(C(=O)O)cc1N1CC(C(N)=O)CC1=O. The van der Waals surface area contributed by atoms with Crippen LogP contribution in [0.1, 0.15) is 16.8 Å². The molecule has 1 saturated heterocycles. The lowest BCUT2D eigenvalue weighted by atomic mass is 10.1. The summed E-state index contributed by atoms with van der Waals surface area (Å²) in [4.78, 5) is 35.6. The number of carbonyl (C=O) groups excluding carboxylic acids is 2. The highest BCUT2D eigenvalue weighted by atomic mass is 16.4. The lowest BCUT2D eigenvalue weighted by Crippen LogP contribution is -2.29. The van der Waals surface area contributed by atoms with Crippen LogP contribution in [0.2, 0.25) is 0 Å². The number of nitrogens with zero attached hydrogens (tertiary/aromatic N) is 1. The molecule has 1 unspecified atom stereocenters. The first-order chi connectivity index (χ1) is 9.43. The molecule has 20 heavy (non-hydrogen) atoms. The Hall–Kier alpha value is -2.57. The zero-order valence-corrected chi connectivity index (χ0v) is 10.9. The van der Waals surface area contributed by atoms with Crippen LogP contribution in [0.15, 0.2) is 18.2 Å². The van der Waals surface area contributed by atoms with Crippen LogP contribution in [0.25, 0.3) is 0 Å². The van der Waals surface area contributed by atoms with Gasteiger partial charge in [0.15, 0.2) is 0 Å². The van der Waals surface area contributed by atoms with Crippen molar-refractivity contribution in [2.75, 3.05) is 23.8 Å². The van der Waals surface area contributed by atoms with E-state index in [1.807, 2.05) is 0 Å². The van der Waals surface area contributed by atoms with Gasteiger partial charge >= 0.3 is 5.97 Å². The van der Waals surface area contributed by atoms with Gasteiger partial charge < -0.3 is 21.1 Å². The van der Waals surface area contributed by atoms with Crippen molar-refractivity contribution in [2.45, 2.75) is 6.42 Å². The number of carboxylic acids is 1. The molecule has 7 nitrogen and oxygen atoms in total. The number of aromatic carboxylic acids is 1. The number of hydrogen-bond donors (Lipinski definition) is 3. The molecule has 1 aromatic carbocycles. The van der Waals surface area contributed by atoms with Gasteiger partial charge in [-0.3, -0.25) is 9.59 Å². The third-order valence-electron chi connectivity index (χ3n) is 3.33. The van der Waals surface area contributed by atoms with Crippen LogP contribution in [0.4, 0.5) is 11.4 Å². The van der Waals surface area contributed by atoms with Crippen molar-refractivity contribution in [3.63, 3.8) is 0 Å². The Morgan fingerprint density at radius 3 is 2.65 bits per heavy atom. The van der Waals surface area contributed by atoms with Gasteiger partial charge in [-0.05, 0) is 18.2 Å². The Labute approximate surface area is 115 Å². The van der Waals surface area contributed by atoms with Crippen molar-refractivity contribution in [1.29, 1.82) is 0 Å². The smallest absolute Gasteiger partial charge is 0.335 e. The Kier molecular flexibility index (Phi) is 3.60. The van der Waals surface area contributed by atoms with Crippen LogP contribution in [0.3, 0.4) is 0 Å². The molecule has 1 heterocycles. The molecule has 106 valence electrons. The molecule has 2 rings (SSSR count). The number of anilines is 2. The first-order valence-corrected chi connectivity index (χ1v) is 6.08. The van der Waals surface area contributed by atoms with Crippen molar-refractivity contribution >= 4 is 29.2 Å². The summed E-state index contributed by atoms with van der Waals surface area (Å²) in [5, 5.41) is 11.9. The van der Waals surface area contributed by atoms with E-state index in [2.05, 4.69) is 5.32 Å². The van der Waals surface area contributed by atoms with Crippen LogP contribution in [0, 0.1) is 5.92 Å². The quantitative estimate of drug-likeness (QED) is 0.731. The van der Waals surface area contributed by atoms with Gasteiger partial charge in [-0.25, -0.2) is 4.79 Å². The Bertz CT molecular complexity index is 585. The van der Waals surface area contributed by atoms with Crippen molar-refractivity contribution in [3.05, 3.63) is 23.8 Å². The van der Waals surface area contributed by atoms with Gasteiger partial charge in [-0.15, -0.1) is 0 Å². The summed E-state index contributed by atoms with van der Waals surface area (Å²) in [7, 11) is 1.67. The fraction of sp³-hybridized carbons (Fsp3) is 0.308. The largest absolute Gasteiger partial charge is 0.478 e. The zero-order chi connectivity index (χ0) is 14.9. The molecule has 0 aromatic heterocycles. The van der Waals surface area contributed by atoms with Crippen LogP contribution in [-0.2, 0) is 9.59 Å². The van der Waals surface area contributed by atoms with Crippen LogP contribution < -0.4 is 16.0 Å². The molecule has 0 aliphatic carbocycles. The van der Waals surface area contributed by atoms with Crippen LogP contribution >= 0.6 is 0 Å². The number of primary amides is 1. The Morgan fingerprint density at radius 1 is 1.45 bits per heavy atom. The predicted molar refractivity (Wildman–Crippen MR) is 72.6 cm³/mol. The van der Waals surface area contributed by atoms with Crippen molar-refractivity contribution in [1.82, 2.24) is 0 Å². The van der Waals surface area contributed by atoms with E-state index in [0.29, 0.717) is 11.4 Å². The van der Waals surface area contributed by atoms with Gasteiger partial charge in [0, 0.05) is 20.0 Å². The normalized spacial score (nSPS) is 18.1. The molecule has 0 spiro atoms. The molecular weight excluding hydrogens is 262 g/mol. The van der Waals surface area contributed by atoms with Gasteiger partial charge in [0.1, 0.15) is 0 Å². The summed E-state index contributed by atoms with van der Waals surface area (Å²) < 4.78 is 0.